The molecule has 2 atom stereocenters. The third kappa shape index (κ3) is 1.84. The van der Waals surface area contributed by atoms with Gasteiger partial charge in [-0.2, -0.15) is 0 Å². The molecule has 12 heavy (non-hydrogen) atoms. The smallest absolute Gasteiger partial charge is 0.0889 e. The summed E-state index contributed by atoms with van der Waals surface area (Å²) in [5.41, 5.74) is 12.6. The van der Waals surface area contributed by atoms with Crippen molar-refractivity contribution in [1.29, 1.82) is 0 Å². The molecule has 0 bridgehead atoms. The van der Waals surface area contributed by atoms with Gasteiger partial charge in [0.15, 0.2) is 0 Å². The molecule has 4 N–H and O–H groups in total. The van der Waals surface area contributed by atoms with Gasteiger partial charge in [0.1, 0.15) is 0 Å². The van der Waals surface area contributed by atoms with Crippen LogP contribution in [0.25, 0.3) is 0 Å². The Kier molecular flexibility index (Phi) is 2.85. The summed E-state index contributed by atoms with van der Waals surface area (Å²) < 4.78 is 0. The molecule has 1 aliphatic carbocycles. The maximum Gasteiger partial charge on any atom is 0.0889 e. The van der Waals surface area contributed by atoms with E-state index in [0.29, 0.717) is 5.92 Å². The Balaban J connectivity index is 2.81. The van der Waals surface area contributed by atoms with Crippen LogP contribution in [0.1, 0.15) is 13.8 Å². The van der Waals surface area contributed by atoms with Gasteiger partial charge in [0, 0.05) is 11.6 Å². The number of hydrogen-bond donors (Lipinski definition) is 2. The minimum Gasteiger partial charge on any atom is -0.399 e. The van der Waals surface area contributed by atoms with Crippen LogP contribution in [0.15, 0.2) is 23.9 Å². The van der Waals surface area contributed by atoms with Crippen molar-refractivity contribution < 1.29 is 0 Å². The van der Waals surface area contributed by atoms with Gasteiger partial charge in [-0.3, -0.25) is 0 Å². The topological polar surface area (TPSA) is 52.0 Å². The van der Waals surface area contributed by atoms with Crippen LogP contribution in [0.2, 0.25) is 0 Å². The molecule has 0 spiro atoms. The summed E-state index contributed by atoms with van der Waals surface area (Å²) >= 11 is 1.74. The van der Waals surface area contributed by atoms with Crippen LogP contribution in [0.5, 0.6) is 0 Å². The average molecular weight is 184 g/mol. The minimum absolute atomic E-state index is 0.298. The highest BCUT2D eigenvalue weighted by Gasteiger charge is 2.30. The van der Waals surface area contributed by atoms with E-state index in [1.54, 1.807) is 11.8 Å². The summed E-state index contributed by atoms with van der Waals surface area (Å²) in [7, 11) is 0. The number of rotatable bonds is 2. The number of hydrogen-bond acceptors (Lipinski definition) is 3. The Labute approximate surface area is 78.1 Å². The minimum atomic E-state index is -0.298. The molecule has 0 aromatic rings. The van der Waals surface area contributed by atoms with Gasteiger partial charge in [-0.15, -0.1) is 11.8 Å². The molecule has 1 rings (SSSR count). The van der Waals surface area contributed by atoms with Crippen molar-refractivity contribution in [1.82, 2.24) is 0 Å². The summed E-state index contributed by atoms with van der Waals surface area (Å²) in [6, 6.07) is 0. The number of nitrogens with two attached hydrogens (primary N) is 2. The zero-order chi connectivity index (χ0) is 9.19. The lowest BCUT2D eigenvalue weighted by Crippen LogP contribution is -2.42. The van der Waals surface area contributed by atoms with E-state index in [4.69, 9.17) is 11.5 Å². The maximum atomic E-state index is 6.16. The largest absolute Gasteiger partial charge is 0.399 e. The van der Waals surface area contributed by atoms with E-state index in [-0.39, 0.29) is 4.87 Å². The van der Waals surface area contributed by atoms with Crippen molar-refractivity contribution in [2.24, 2.45) is 17.4 Å². The predicted octanol–water partition coefficient (Wildman–Crippen LogP) is 1.44. The molecule has 2 nitrogen and oxygen atoms in total. The van der Waals surface area contributed by atoms with Gasteiger partial charge in [-0.1, -0.05) is 19.9 Å². The summed E-state index contributed by atoms with van der Waals surface area (Å²) in [5, 5.41) is 0. The van der Waals surface area contributed by atoms with Crippen molar-refractivity contribution in [3.05, 3.63) is 23.9 Å². The van der Waals surface area contributed by atoms with Gasteiger partial charge in [0.25, 0.3) is 0 Å². The molecular formula is C9H16N2S. The maximum absolute atomic E-state index is 6.16. The highest BCUT2D eigenvalue weighted by molar-refractivity contribution is 8.00. The molecule has 0 aliphatic heterocycles. The van der Waals surface area contributed by atoms with E-state index >= 15 is 0 Å². The van der Waals surface area contributed by atoms with Crippen LogP contribution in [-0.4, -0.2) is 10.6 Å². The summed E-state index contributed by atoms with van der Waals surface area (Å²) in [5.74, 6) is 1.37. The molecule has 68 valence electrons. The molecule has 0 radical (unpaired) electrons. The van der Waals surface area contributed by atoms with Crippen LogP contribution >= 0.6 is 11.8 Å². The van der Waals surface area contributed by atoms with E-state index in [2.05, 4.69) is 19.9 Å². The molecule has 0 amide bonds. The zero-order valence-corrected chi connectivity index (χ0v) is 8.40. The van der Waals surface area contributed by atoms with Crippen LogP contribution in [0.4, 0.5) is 0 Å². The highest BCUT2D eigenvalue weighted by atomic mass is 32.2. The van der Waals surface area contributed by atoms with E-state index in [9.17, 15) is 0 Å². The van der Waals surface area contributed by atoms with Crippen molar-refractivity contribution >= 4 is 11.8 Å². The van der Waals surface area contributed by atoms with Gasteiger partial charge < -0.3 is 11.5 Å². The highest BCUT2D eigenvalue weighted by Crippen LogP contribution is 2.33. The van der Waals surface area contributed by atoms with Crippen LogP contribution in [0.3, 0.4) is 0 Å². The zero-order valence-electron chi connectivity index (χ0n) is 7.58. The molecule has 0 aromatic carbocycles. The van der Waals surface area contributed by atoms with Crippen molar-refractivity contribution in [3.63, 3.8) is 0 Å². The summed E-state index contributed by atoms with van der Waals surface area (Å²) in [6.45, 7) is 4.22. The lowest BCUT2D eigenvalue weighted by Gasteiger charge is -2.32. The Morgan fingerprint density at radius 3 is 2.92 bits per heavy atom. The first-order chi connectivity index (χ1) is 5.58. The molecule has 0 aromatic heterocycles. The third-order valence-corrected chi connectivity index (χ3v) is 3.35. The predicted molar refractivity (Wildman–Crippen MR) is 55.6 cm³/mol. The molecule has 2 unspecified atom stereocenters. The second kappa shape index (κ2) is 3.54. The Morgan fingerprint density at radius 1 is 1.67 bits per heavy atom. The summed E-state index contributed by atoms with van der Waals surface area (Å²) in [6.07, 6.45) is 5.94. The van der Waals surface area contributed by atoms with E-state index in [1.807, 2.05) is 12.2 Å². The molecule has 0 heterocycles. The molecule has 0 saturated carbocycles. The molecule has 1 aliphatic rings. The van der Waals surface area contributed by atoms with E-state index < -0.39 is 0 Å². The number of thioether (sulfide) groups is 1. The van der Waals surface area contributed by atoms with Gasteiger partial charge in [-0.05, 0) is 17.9 Å². The molecule has 0 saturated heterocycles. The third-order valence-electron chi connectivity index (χ3n) is 2.08. The lowest BCUT2D eigenvalue weighted by atomic mass is 9.96. The van der Waals surface area contributed by atoms with Crippen LogP contribution in [-0.2, 0) is 0 Å². The van der Waals surface area contributed by atoms with Gasteiger partial charge >= 0.3 is 0 Å². The fourth-order valence-electron chi connectivity index (χ4n) is 1.27. The Morgan fingerprint density at radius 2 is 2.33 bits per heavy atom. The first kappa shape index (κ1) is 9.68. The normalized spacial score (nSPS) is 34.9. The first-order valence-corrected chi connectivity index (χ1v) is 5.16. The van der Waals surface area contributed by atoms with Crippen molar-refractivity contribution in [2.45, 2.75) is 18.7 Å². The van der Waals surface area contributed by atoms with Gasteiger partial charge in [-0.25, -0.2) is 0 Å². The quantitative estimate of drug-likeness (QED) is 0.639. The standard InChI is InChI=1S/C9H16N2S/c1-3-12-9(11)6-8(10)5-4-7(9)2/h4-7H,3,10-11H2,1-2H3. The van der Waals surface area contributed by atoms with Crippen molar-refractivity contribution in [3.8, 4) is 0 Å². The average Bonchev–Trinajstić information content (AvgIpc) is 1.98. The molecule has 3 heteroatoms. The summed E-state index contributed by atoms with van der Waals surface area (Å²) in [4.78, 5) is -0.298. The second-order valence-corrected chi connectivity index (χ2v) is 4.65. The fraction of sp³-hybridized carbons (Fsp3) is 0.556. The Bertz CT molecular complexity index is 223. The number of allylic oxidation sites excluding steroid dienone is 1. The van der Waals surface area contributed by atoms with Crippen molar-refractivity contribution in [2.75, 3.05) is 5.75 Å². The van der Waals surface area contributed by atoms with Crippen LogP contribution in [0, 0.1) is 5.92 Å². The molecular weight excluding hydrogens is 168 g/mol. The lowest BCUT2D eigenvalue weighted by molar-refractivity contribution is 0.571. The SMILES string of the molecule is CCSC1(N)C=C(N)C=CC1C. The monoisotopic (exact) mass is 184 g/mol. The van der Waals surface area contributed by atoms with E-state index in [1.165, 1.54) is 0 Å². The second-order valence-electron chi connectivity index (χ2n) is 3.08. The van der Waals surface area contributed by atoms with Gasteiger partial charge in [0.2, 0.25) is 0 Å². The first-order valence-electron chi connectivity index (χ1n) is 4.18. The van der Waals surface area contributed by atoms with Crippen LogP contribution < -0.4 is 11.5 Å². The fourth-order valence-corrected chi connectivity index (χ4v) is 2.33. The Hall–Kier alpha value is -0.410. The van der Waals surface area contributed by atoms with Gasteiger partial charge in [0.05, 0.1) is 4.87 Å². The van der Waals surface area contributed by atoms with E-state index in [0.717, 1.165) is 11.4 Å². The molecule has 0 fully saturated rings.